The van der Waals surface area contributed by atoms with Crippen LogP contribution >= 0.6 is 0 Å². The summed E-state index contributed by atoms with van der Waals surface area (Å²) in [5.41, 5.74) is 1.29. The number of hydrogen-bond donors (Lipinski definition) is 1. The van der Waals surface area contributed by atoms with Crippen molar-refractivity contribution in [1.82, 2.24) is 10.2 Å². The summed E-state index contributed by atoms with van der Waals surface area (Å²) in [4.78, 5) is 26.9. The predicted octanol–water partition coefficient (Wildman–Crippen LogP) is 6.97. The van der Waals surface area contributed by atoms with Crippen LogP contribution in [0.15, 0.2) is 24.3 Å². The second kappa shape index (κ2) is 12.7. The summed E-state index contributed by atoms with van der Waals surface area (Å²) in [5, 5.41) is 3.45. The first kappa shape index (κ1) is 30.5. The van der Waals surface area contributed by atoms with Crippen molar-refractivity contribution < 1.29 is 18.8 Å². The number of nitrogens with one attached hydrogen (secondary N) is 1. The number of hydrogen-bond acceptors (Lipinski definition) is 5. The molecule has 1 aliphatic heterocycles. The van der Waals surface area contributed by atoms with Gasteiger partial charge in [-0.1, -0.05) is 45.0 Å². The zero-order chi connectivity index (χ0) is 27.1. The van der Waals surface area contributed by atoms with E-state index in [2.05, 4.69) is 39.2 Å². The number of Topliss-reactive ketones (excluding diaryl/α,β-unsaturated/α-hetero) is 1. The molecule has 1 aromatic rings. The Morgan fingerprint density at radius 2 is 1.64 bits per heavy atom. The first-order chi connectivity index (χ1) is 16.6. The van der Waals surface area contributed by atoms with Crippen molar-refractivity contribution >= 4 is 20.2 Å². The van der Waals surface area contributed by atoms with E-state index in [1.807, 2.05) is 45.0 Å². The van der Waals surface area contributed by atoms with E-state index in [1.165, 1.54) is 0 Å². The summed E-state index contributed by atoms with van der Waals surface area (Å²) >= 11 is 0. The van der Waals surface area contributed by atoms with Crippen molar-refractivity contribution in [2.45, 2.75) is 103 Å². The quantitative estimate of drug-likeness (QED) is 0.268. The second-order valence-corrected chi connectivity index (χ2v) is 17.6. The Morgan fingerprint density at radius 3 is 2.17 bits per heavy atom. The third kappa shape index (κ3) is 9.64. The highest BCUT2D eigenvalue weighted by Gasteiger charge is 2.39. The maximum Gasteiger partial charge on any atom is 0.410 e. The molecule has 1 atom stereocenters. The third-order valence-corrected chi connectivity index (χ3v) is 12.0. The molecule has 7 heteroatoms. The molecular formula is C29H50N2O4Si. The Morgan fingerprint density at radius 1 is 1.06 bits per heavy atom. The number of carbonyl (C=O) groups is 2. The number of amides is 1. The zero-order valence-corrected chi connectivity index (χ0v) is 25.2. The molecule has 1 amide bonds. The summed E-state index contributed by atoms with van der Waals surface area (Å²) in [6.45, 7) is 19.4. The number of carbonyl (C=O) groups excluding carboxylic acids is 2. The molecule has 1 fully saturated rings. The lowest BCUT2D eigenvalue weighted by molar-refractivity contribution is 0.0275. The Balaban J connectivity index is 2.10. The van der Waals surface area contributed by atoms with Crippen molar-refractivity contribution in [3.05, 3.63) is 35.4 Å². The summed E-state index contributed by atoms with van der Waals surface area (Å²) in [5.74, 6) is 0.866. The molecule has 0 aliphatic carbocycles. The molecule has 0 spiro atoms. The van der Waals surface area contributed by atoms with Gasteiger partial charge in [0.15, 0.2) is 14.1 Å². The molecule has 0 radical (unpaired) electrons. The maximum atomic E-state index is 12.8. The highest BCUT2D eigenvalue weighted by molar-refractivity contribution is 6.74. The number of ether oxygens (including phenoxy) is 1. The van der Waals surface area contributed by atoms with Crippen molar-refractivity contribution in [1.29, 1.82) is 0 Å². The van der Waals surface area contributed by atoms with Gasteiger partial charge in [0.2, 0.25) is 0 Å². The van der Waals surface area contributed by atoms with Gasteiger partial charge < -0.3 is 19.4 Å². The molecule has 1 N–H and O–H groups in total. The van der Waals surface area contributed by atoms with Gasteiger partial charge in [0.1, 0.15) is 5.60 Å². The van der Waals surface area contributed by atoms with E-state index in [4.69, 9.17) is 9.16 Å². The lowest BCUT2D eigenvalue weighted by Crippen LogP contribution is -2.42. The van der Waals surface area contributed by atoms with Gasteiger partial charge in [0, 0.05) is 25.6 Å². The molecule has 1 heterocycles. The van der Waals surface area contributed by atoms with Gasteiger partial charge in [-0.2, -0.15) is 0 Å². The highest BCUT2D eigenvalue weighted by atomic mass is 28.4. The van der Waals surface area contributed by atoms with Crippen molar-refractivity contribution in [3.8, 4) is 0 Å². The zero-order valence-electron chi connectivity index (χ0n) is 24.2. The maximum absolute atomic E-state index is 12.8. The SMILES string of the molecule is CN(CCC(O[Si](C)(C)C(C)(C)C)c1ccc(C(=O)CCC2CCNCC2)cc1)C(=O)OC(C)(C)C. The topological polar surface area (TPSA) is 67.9 Å². The molecule has 6 nitrogen and oxygen atoms in total. The van der Waals surface area contributed by atoms with E-state index >= 15 is 0 Å². The summed E-state index contributed by atoms with van der Waals surface area (Å²) in [7, 11) is -0.297. The molecule has 1 aromatic carbocycles. The van der Waals surface area contributed by atoms with Crippen LogP contribution in [0.3, 0.4) is 0 Å². The Hall–Kier alpha value is -1.70. The first-order valence-electron chi connectivity index (χ1n) is 13.5. The van der Waals surface area contributed by atoms with Gasteiger partial charge in [-0.15, -0.1) is 0 Å². The van der Waals surface area contributed by atoms with E-state index in [0.29, 0.717) is 25.3 Å². The molecule has 36 heavy (non-hydrogen) atoms. The minimum atomic E-state index is -2.06. The first-order valence-corrected chi connectivity index (χ1v) is 16.5. The fourth-order valence-electron chi connectivity index (χ4n) is 4.10. The lowest BCUT2D eigenvalue weighted by Gasteiger charge is -2.40. The average Bonchev–Trinajstić information content (AvgIpc) is 2.79. The number of ketones is 1. The van der Waals surface area contributed by atoms with Crippen LogP contribution in [0.5, 0.6) is 0 Å². The van der Waals surface area contributed by atoms with Gasteiger partial charge in [0.05, 0.1) is 6.10 Å². The predicted molar refractivity (Wildman–Crippen MR) is 150 cm³/mol. The average molecular weight is 519 g/mol. The third-order valence-electron chi connectivity index (χ3n) is 7.52. The van der Waals surface area contributed by atoms with Gasteiger partial charge in [-0.3, -0.25) is 4.79 Å². The van der Waals surface area contributed by atoms with Crippen LogP contribution < -0.4 is 5.32 Å². The number of piperidine rings is 1. The molecule has 1 unspecified atom stereocenters. The molecule has 0 bridgehead atoms. The lowest BCUT2D eigenvalue weighted by atomic mass is 9.91. The fourth-order valence-corrected chi connectivity index (χ4v) is 5.42. The Bertz CT molecular complexity index is 850. The monoisotopic (exact) mass is 518 g/mol. The molecule has 0 aromatic heterocycles. The standard InChI is InChI=1S/C29H50N2O4Si/c1-28(2,3)34-27(33)31(7)21-18-26(35-36(8,9)29(4,5)6)24-13-11-23(12-14-24)25(32)15-10-22-16-19-30-20-17-22/h11-14,22,26,30H,10,15-21H2,1-9H3. The smallest absolute Gasteiger partial charge is 0.410 e. The normalized spacial score (nSPS) is 16.5. The van der Waals surface area contributed by atoms with Crippen LogP contribution in [0.4, 0.5) is 4.79 Å². The molecule has 1 aliphatic rings. The van der Waals surface area contributed by atoms with Gasteiger partial charge >= 0.3 is 6.09 Å². The van der Waals surface area contributed by atoms with E-state index in [-0.39, 0.29) is 23.0 Å². The van der Waals surface area contributed by atoms with Crippen LogP contribution in [0.1, 0.15) is 95.7 Å². The minimum absolute atomic E-state index is 0.0624. The Labute approximate surface area is 220 Å². The summed E-state index contributed by atoms with van der Waals surface area (Å²) in [6, 6.07) is 7.95. The van der Waals surface area contributed by atoms with Gasteiger partial charge in [-0.05, 0) is 89.2 Å². The summed E-state index contributed by atoms with van der Waals surface area (Å²) in [6.07, 6.45) is 4.07. The number of rotatable bonds is 10. The van der Waals surface area contributed by atoms with Crippen LogP contribution in [0.25, 0.3) is 0 Å². The fraction of sp³-hybridized carbons (Fsp3) is 0.724. The van der Waals surface area contributed by atoms with E-state index in [9.17, 15) is 9.59 Å². The Kier molecular flexibility index (Phi) is 10.8. The van der Waals surface area contributed by atoms with Crippen molar-refractivity contribution in [2.24, 2.45) is 5.92 Å². The van der Waals surface area contributed by atoms with Crippen molar-refractivity contribution in [3.63, 3.8) is 0 Å². The largest absolute Gasteiger partial charge is 0.444 e. The minimum Gasteiger partial charge on any atom is -0.444 e. The van der Waals surface area contributed by atoms with Crippen LogP contribution in [-0.4, -0.2) is 57.4 Å². The summed E-state index contributed by atoms with van der Waals surface area (Å²) < 4.78 is 12.3. The van der Waals surface area contributed by atoms with Crippen LogP contribution in [0, 0.1) is 5.92 Å². The molecule has 204 valence electrons. The van der Waals surface area contributed by atoms with E-state index in [0.717, 1.165) is 43.5 Å². The van der Waals surface area contributed by atoms with Gasteiger partial charge in [0.25, 0.3) is 0 Å². The molecule has 2 rings (SSSR count). The number of nitrogens with zero attached hydrogens (tertiary/aromatic N) is 1. The van der Waals surface area contributed by atoms with Gasteiger partial charge in [-0.25, -0.2) is 4.79 Å². The van der Waals surface area contributed by atoms with Crippen LogP contribution in [0.2, 0.25) is 18.1 Å². The molecule has 1 saturated heterocycles. The van der Waals surface area contributed by atoms with E-state index in [1.54, 1.807) is 11.9 Å². The van der Waals surface area contributed by atoms with Crippen LogP contribution in [-0.2, 0) is 9.16 Å². The van der Waals surface area contributed by atoms with E-state index < -0.39 is 13.9 Å². The van der Waals surface area contributed by atoms with Crippen molar-refractivity contribution in [2.75, 3.05) is 26.7 Å². The second-order valence-electron chi connectivity index (χ2n) is 12.8. The molecular weight excluding hydrogens is 468 g/mol. The highest BCUT2D eigenvalue weighted by Crippen LogP contribution is 2.40. The molecule has 0 saturated carbocycles. The number of benzene rings is 1.